The first kappa shape index (κ1) is 20.3. The molecule has 150 valence electrons. The van der Waals surface area contributed by atoms with Crippen LogP contribution in [0.5, 0.6) is 0 Å². The van der Waals surface area contributed by atoms with Crippen LogP contribution in [-0.4, -0.2) is 29.0 Å². The van der Waals surface area contributed by atoms with Crippen molar-refractivity contribution >= 4 is 17.5 Å². The number of hydrogen-bond acceptors (Lipinski definition) is 4. The van der Waals surface area contributed by atoms with Crippen LogP contribution in [0.1, 0.15) is 80.8 Å². The van der Waals surface area contributed by atoms with Gasteiger partial charge in [-0.15, -0.1) is 0 Å². The molecule has 28 heavy (non-hydrogen) atoms. The maximum Gasteiger partial charge on any atom is 0.258 e. The zero-order chi connectivity index (χ0) is 20.3. The number of nitrogens with zero attached hydrogens (tertiary/aromatic N) is 3. The molecule has 0 unspecified atom stereocenters. The van der Waals surface area contributed by atoms with Gasteiger partial charge in [-0.2, -0.15) is 0 Å². The number of carbonyl (C=O) groups is 1. The van der Waals surface area contributed by atoms with E-state index in [4.69, 9.17) is 0 Å². The largest absolute Gasteiger partial charge is 0.341 e. The maximum absolute atomic E-state index is 12.9. The van der Waals surface area contributed by atoms with Gasteiger partial charge in [0, 0.05) is 31.2 Å². The summed E-state index contributed by atoms with van der Waals surface area (Å²) in [4.78, 5) is 24.0. The fraction of sp³-hybridized carbons (Fsp3) is 0.522. The van der Waals surface area contributed by atoms with Crippen LogP contribution in [0.15, 0.2) is 30.6 Å². The van der Waals surface area contributed by atoms with Crippen LogP contribution in [0.3, 0.4) is 0 Å². The quantitative estimate of drug-likeness (QED) is 0.773. The molecule has 2 heterocycles. The van der Waals surface area contributed by atoms with Crippen LogP contribution in [0.25, 0.3) is 0 Å². The Bertz CT molecular complexity index is 780. The highest BCUT2D eigenvalue weighted by Gasteiger charge is 2.20. The van der Waals surface area contributed by atoms with Crippen molar-refractivity contribution in [3.05, 3.63) is 47.3 Å². The van der Waals surface area contributed by atoms with Crippen molar-refractivity contribution in [1.82, 2.24) is 9.97 Å². The lowest BCUT2D eigenvalue weighted by atomic mass is 9.92. The minimum Gasteiger partial charge on any atom is -0.341 e. The number of piperidine rings is 1. The molecule has 5 nitrogen and oxygen atoms in total. The molecule has 0 spiro atoms. The Labute approximate surface area is 168 Å². The summed E-state index contributed by atoms with van der Waals surface area (Å²) in [6.45, 7) is 12.8. The van der Waals surface area contributed by atoms with E-state index in [2.05, 4.69) is 73.0 Å². The summed E-state index contributed by atoms with van der Waals surface area (Å²) in [5.41, 5.74) is 3.72. The van der Waals surface area contributed by atoms with Gasteiger partial charge in [-0.25, -0.2) is 9.97 Å². The number of hydrogen-bond donors (Lipinski definition) is 1. The molecule has 1 amide bonds. The Morgan fingerprint density at radius 1 is 1.04 bits per heavy atom. The number of rotatable bonds is 5. The number of anilines is 2. The van der Waals surface area contributed by atoms with Gasteiger partial charge in [-0.1, -0.05) is 52.8 Å². The van der Waals surface area contributed by atoms with E-state index < -0.39 is 0 Å². The molecular formula is C23H32N4O. The van der Waals surface area contributed by atoms with Gasteiger partial charge in [-0.05, 0) is 41.7 Å². The number of amides is 1. The molecule has 1 aliphatic rings. The second-order valence-electron chi connectivity index (χ2n) is 8.52. The van der Waals surface area contributed by atoms with Crippen LogP contribution in [-0.2, 0) is 0 Å². The Morgan fingerprint density at radius 2 is 1.57 bits per heavy atom. The minimum absolute atomic E-state index is 0.159. The molecule has 0 aliphatic carbocycles. The van der Waals surface area contributed by atoms with Gasteiger partial charge in [-0.3, -0.25) is 4.79 Å². The Kier molecular flexibility index (Phi) is 6.32. The molecule has 0 atom stereocenters. The third-order valence-corrected chi connectivity index (χ3v) is 5.58. The van der Waals surface area contributed by atoms with E-state index >= 15 is 0 Å². The molecule has 1 aromatic heterocycles. The van der Waals surface area contributed by atoms with Gasteiger partial charge in [0.15, 0.2) is 0 Å². The molecule has 1 aromatic carbocycles. The average molecular weight is 381 g/mol. The van der Waals surface area contributed by atoms with Crippen LogP contribution >= 0.6 is 0 Å². The number of para-hydroxylation sites is 1. The summed E-state index contributed by atoms with van der Waals surface area (Å²) in [5, 5.41) is 3.13. The van der Waals surface area contributed by atoms with Crippen molar-refractivity contribution in [2.24, 2.45) is 5.92 Å². The zero-order valence-corrected chi connectivity index (χ0v) is 17.7. The smallest absolute Gasteiger partial charge is 0.258 e. The molecular weight excluding hydrogens is 348 g/mol. The second kappa shape index (κ2) is 8.72. The molecule has 1 saturated heterocycles. The van der Waals surface area contributed by atoms with Gasteiger partial charge in [0.2, 0.25) is 5.95 Å². The zero-order valence-electron chi connectivity index (χ0n) is 17.7. The summed E-state index contributed by atoms with van der Waals surface area (Å²) in [6.07, 6.45) is 5.61. The summed E-state index contributed by atoms with van der Waals surface area (Å²) in [6, 6.07) is 6.24. The highest BCUT2D eigenvalue weighted by Crippen LogP contribution is 2.32. The third kappa shape index (κ3) is 4.51. The maximum atomic E-state index is 12.9. The molecule has 1 N–H and O–H groups in total. The van der Waals surface area contributed by atoms with Gasteiger partial charge in [0.1, 0.15) is 0 Å². The number of aromatic nitrogens is 2. The van der Waals surface area contributed by atoms with E-state index in [9.17, 15) is 4.79 Å². The van der Waals surface area contributed by atoms with E-state index in [1.165, 1.54) is 0 Å². The van der Waals surface area contributed by atoms with E-state index in [0.717, 1.165) is 48.7 Å². The van der Waals surface area contributed by atoms with E-state index in [0.29, 0.717) is 23.3 Å². The first-order valence-corrected chi connectivity index (χ1v) is 10.4. The van der Waals surface area contributed by atoms with Crippen molar-refractivity contribution in [2.45, 2.75) is 59.3 Å². The molecule has 1 aliphatic heterocycles. The number of carbonyl (C=O) groups excluding carboxylic acids is 1. The molecule has 5 heteroatoms. The summed E-state index contributed by atoms with van der Waals surface area (Å²) < 4.78 is 0. The Hall–Kier alpha value is -2.43. The molecule has 1 fully saturated rings. The average Bonchev–Trinajstić information content (AvgIpc) is 2.68. The van der Waals surface area contributed by atoms with Crippen molar-refractivity contribution in [3.8, 4) is 0 Å². The standard InChI is InChI=1S/C23H32N4O/c1-15(2)19-7-6-8-20(16(3)4)21(19)26-22(28)18-13-24-23(25-14-18)27-11-9-17(5)10-12-27/h6-8,13-17H,9-12H2,1-5H3,(H,26,28). The van der Waals surface area contributed by atoms with Crippen molar-refractivity contribution in [2.75, 3.05) is 23.3 Å². The van der Waals surface area contributed by atoms with Gasteiger partial charge >= 0.3 is 0 Å². The fourth-order valence-electron chi connectivity index (χ4n) is 3.69. The monoisotopic (exact) mass is 380 g/mol. The van der Waals surface area contributed by atoms with Crippen LogP contribution in [0.2, 0.25) is 0 Å². The van der Waals surface area contributed by atoms with Gasteiger partial charge < -0.3 is 10.2 Å². The molecule has 3 rings (SSSR count). The lowest BCUT2D eigenvalue weighted by molar-refractivity contribution is 0.102. The first-order chi connectivity index (χ1) is 13.4. The van der Waals surface area contributed by atoms with E-state index in [1.54, 1.807) is 12.4 Å². The van der Waals surface area contributed by atoms with E-state index in [-0.39, 0.29) is 5.91 Å². The lowest BCUT2D eigenvalue weighted by Crippen LogP contribution is -2.34. The molecule has 0 saturated carbocycles. The van der Waals surface area contributed by atoms with Gasteiger partial charge in [0.25, 0.3) is 5.91 Å². The highest BCUT2D eigenvalue weighted by molar-refractivity contribution is 6.04. The normalized spacial score (nSPS) is 15.3. The summed E-state index contributed by atoms with van der Waals surface area (Å²) >= 11 is 0. The van der Waals surface area contributed by atoms with E-state index in [1.807, 2.05) is 0 Å². The van der Waals surface area contributed by atoms with Gasteiger partial charge in [0.05, 0.1) is 5.56 Å². The van der Waals surface area contributed by atoms with Crippen LogP contribution in [0.4, 0.5) is 11.6 Å². The van der Waals surface area contributed by atoms with Crippen molar-refractivity contribution in [3.63, 3.8) is 0 Å². The Morgan fingerprint density at radius 3 is 2.07 bits per heavy atom. The van der Waals surface area contributed by atoms with Crippen molar-refractivity contribution < 1.29 is 4.79 Å². The fourth-order valence-corrected chi connectivity index (χ4v) is 3.69. The first-order valence-electron chi connectivity index (χ1n) is 10.4. The SMILES string of the molecule is CC1CCN(c2ncc(C(=O)Nc3c(C(C)C)cccc3C(C)C)cn2)CC1. The minimum atomic E-state index is -0.159. The second-order valence-corrected chi connectivity index (χ2v) is 8.52. The highest BCUT2D eigenvalue weighted by atomic mass is 16.1. The predicted molar refractivity (Wildman–Crippen MR) is 115 cm³/mol. The molecule has 0 bridgehead atoms. The van der Waals surface area contributed by atoms with Crippen LogP contribution in [0, 0.1) is 5.92 Å². The third-order valence-electron chi connectivity index (χ3n) is 5.58. The topological polar surface area (TPSA) is 58.1 Å². The number of benzene rings is 1. The molecule has 0 radical (unpaired) electrons. The molecule has 2 aromatic rings. The van der Waals surface area contributed by atoms with Crippen LogP contribution < -0.4 is 10.2 Å². The van der Waals surface area contributed by atoms with Crippen molar-refractivity contribution in [1.29, 1.82) is 0 Å². The number of nitrogens with one attached hydrogen (secondary N) is 1. The summed E-state index contributed by atoms with van der Waals surface area (Å²) in [7, 11) is 0. The lowest BCUT2D eigenvalue weighted by Gasteiger charge is -2.30. The Balaban J connectivity index is 1.78. The predicted octanol–water partition coefficient (Wildman–Crippen LogP) is 5.21. The summed E-state index contributed by atoms with van der Waals surface area (Å²) in [5.74, 6) is 1.98.